The molecule has 0 N–H and O–H groups in total. The first kappa shape index (κ1) is 28.8. The third kappa shape index (κ3) is 5.35. The minimum Gasteiger partial charge on any atom is -1.00 e. The Hall–Kier alpha value is -1.41. The predicted molar refractivity (Wildman–Crippen MR) is 81.9 cm³/mol. The Balaban J connectivity index is 0. The predicted octanol–water partition coefficient (Wildman–Crippen LogP) is -7.29. The van der Waals surface area contributed by atoms with E-state index in [0.717, 1.165) is 12.4 Å². The maximum Gasteiger partial charge on any atom is 3.00 e. The molecular formula is C13H11Cl3N7NdO4. The van der Waals surface area contributed by atoms with Crippen molar-refractivity contribution in [3.8, 4) is 23.0 Å². The zero-order valence-electron chi connectivity index (χ0n) is 14.3. The number of hydrogen-bond donors (Lipinski definition) is 0. The molecule has 0 aromatic carbocycles. The molecular weight excluding hydrogens is 569 g/mol. The van der Waals surface area contributed by atoms with E-state index < -0.39 is 9.85 Å². The smallest absolute Gasteiger partial charge is 1.00 e. The molecule has 11 nitrogen and oxygen atoms in total. The van der Waals surface area contributed by atoms with Crippen molar-refractivity contribution < 1.29 is 87.9 Å². The van der Waals surface area contributed by atoms with Gasteiger partial charge in [-0.2, -0.15) is 0 Å². The van der Waals surface area contributed by atoms with Crippen LogP contribution in [0.2, 0.25) is 0 Å². The van der Waals surface area contributed by atoms with Gasteiger partial charge in [0.25, 0.3) is 0 Å². The van der Waals surface area contributed by atoms with E-state index in [1.165, 1.54) is 23.2 Å². The summed E-state index contributed by atoms with van der Waals surface area (Å²) >= 11 is 0. The summed E-state index contributed by atoms with van der Waals surface area (Å²) in [5.74, 6) is 0.300. The molecule has 0 aliphatic heterocycles. The van der Waals surface area contributed by atoms with Crippen LogP contribution in [0.1, 0.15) is 0 Å². The topological polar surface area (TPSA) is 135 Å². The summed E-state index contributed by atoms with van der Waals surface area (Å²) in [5, 5.41) is 21.8. The Labute approximate surface area is 210 Å². The Morgan fingerprint density at radius 2 is 1.18 bits per heavy atom. The summed E-state index contributed by atoms with van der Waals surface area (Å²) in [4.78, 5) is 33.2. The van der Waals surface area contributed by atoms with Crippen LogP contribution in [0.25, 0.3) is 23.0 Å². The number of hydrogen-bond acceptors (Lipinski definition) is 7. The first-order valence-corrected chi connectivity index (χ1v) is 6.70. The molecule has 0 spiro atoms. The molecule has 0 fully saturated rings. The van der Waals surface area contributed by atoms with Crippen molar-refractivity contribution in [1.82, 2.24) is 24.1 Å². The van der Waals surface area contributed by atoms with E-state index >= 15 is 0 Å². The first-order chi connectivity index (χ1) is 11.4. The molecule has 0 amide bonds. The molecule has 0 aliphatic carbocycles. The first-order valence-electron chi connectivity index (χ1n) is 6.70. The molecule has 0 saturated carbocycles. The van der Waals surface area contributed by atoms with Gasteiger partial charge in [-0.25, -0.2) is 24.1 Å². The summed E-state index contributed by atoms with van der Waals surface area (Å²) in [5.41, 5.74) is 0.794. The Kier molecular flexibility index (Phi) is 11.9. The average Bonchev–Trinajstić information content (AvgIpc) is 3.10. The fraction of sp³-hybridized carbons (Fsp3) is 0.154. The van der Waals surface area contributed by atoms with Gasteiger partial charge in [-0.1, -0.05) is 6.07 Å². The van der Waals surface area contributed by atoms with E-state index in [9.17, 15) is 20.2 Å². The van der Waals surface area contributed by atoms with Gasteiger partial charge in [-0.05, 0) is 22.0 Å². The molecule has 3 aromatic rings. The van der Waals surface area contributed by atoms with Gasteiger partial charge in [0.1, 0.15) is 23.8 Å². The fourth-order valence-electron chi connectivity index (χ4n) is 2.30. The van der Waals surface area contributed by atoms with Gasteiger partial charge in [0.15, 0.2) is 0 Å². The van der Waals surface area contributed by atoms with E-state index in [2.05, 4.69) is 15.0 Å². The normalized spacial score (nSPS) is 9.21. The summed E-state index contributed by atoms with van der Waals surface area (Å²) in [6, 6.07) is 4.97. The maximum absolute atomic E-state index is 10.9. The number of nitro groups is 2. The number of rotatable bonds is 4. The second-order valence-corrected chi connectivity index (χ2v) is 4.92. The standard InChI is InChI=1S/C13H11N7O4.3ClH.Nd/c1-17-10(19(21)22)6-14-12(17)8-4-3-5-9(16-8)13-15-7-11(18(13)2)20(23)24;;;;/h3-7H,1-2H3;3*1H;/q;;;;+3/p-3. The minimum atomic E-state index is -0.539. The SMILES string of the molecule is Cn1c([N+](=O)[O-])cnc1-c1cccc(-c2ncc([N+](=O)[O-])n2C)n1.[Cl-].[Cl-].[Cl-].[Nd+3]. The molecule has 0 saturated heterocycles. The van der Waals surface area contributed by atoms with Gasteiger partial charge in [0, 0.05) is 0 Å². The maximum atomic E-state index is 10.9. The van der Waals surface area contributed by atoms with Crippen LogP contribution in [0.5, 0.6) is 0 Å². The van der Waals surface area contributed by atoms with Crippen LogP contribution in [0.3, 0.4) is 0 Å². The van der Waals surface area contributed by atoms with Crippen molar-refractivity contribution in [2.45, 2.75) is 0 Å². The summed E-state index contributed by atoms with van der Waals surface area (Å²) in [7, 11) is 3.03. The van der Waals surface area contributed by atoms with Crippen molar-refractivity contribution in [2.75, 3.05) is 0 Å². The molecule has 3 aromatic heterocycles. The summed E-state index contributed by atoms with van der Waals surface area (Å²) < 4.78 is 2.62. The number of imidazole rings is 2. The van der Waals surface area contributed by atoms with Crippen molar-refractivity contribution >= 4 is 11.6 Å². The Morgan fingerprint density at radius 1 is 0.821 bits per heavy atom. The minimum absolute atomic E-state index is 0. The van der Waals surface area contributed by atoms with Crippen LogP contribution >= 0.6 is 0 Å². The van der Waals surface area contributed by atoms with E-state index in [1.54, 1.807) is 18.2 Å². The van der Waals surface area contributed by atoms with Gasteiger partial charge in [-0.15, -0.1) is 0 Å². The molecule has 0 atom stereocenters. The fourth-order valence-corrected chi connectivity index (χ4v) is 2.30. The van der Waals surface area contributed by atoms with Crippen molar-refractivity contribution in [2.24, 2.45) is 14.1 Å². The van der Waals surface area contributed by atoms with E-state index in [4.69, 9.17) is 0 Å². The molecule has 147 valence electrons. The van der Waals surface area contributed by atoms with Gasteiger partial charge in [-0.3, -0.25) is 0 Å². The van der Waals surface area contributed by atoms with Gasteiger partial charge in [0.05, 0.1) is 14.1 Å². The average molecular weight is 580 g/mol. The van der Waals surface area contributed by atoms with E-state index in [1.807, 2.05) is 0 Å². The number of nitrogens with zero attached hydrogens (tertiary/aromatic N) is 7. The van der Waals surface area contributed by atoms with Gasteiger partial charge in [0.2, 0.25) is 11.6 Å². The molecule has 1 radical (unpaired) electrons. The molecule has 15 heteroatoms. The molecule has 3 heterocycles. The Bertz CT molecular complexity index is 905. The molecule has 28 heavy (non-hydrogen) atoms. The molecule has 0 bridgehead atoms. The zero-order chi connectivity index (χ0) is 17.4. The van der Waals surface area contributed by atoms with Crippen molar-refractivity contribution in [3.63, 3.8) is 0 Å². The third-order valence-corrected chi connectivity index (χ3v) is 3.51. The number of halogens is 3. The largest absolute Gasteiger partial charge is 3.00 e. The third-order valence-electron chi connectivity index (χ3n) is 3.51. The molecule has 0 unspecified atom stereocenters. The number of aromatic nitrogens is 5. The zero-order valence-corrected chi connectivity index (χ0v) is 19.8. The van der Waals surface area contributed by atoms with Gasteiger partial charge < -0.3 is 57.4 Å². The van der Waals surface area contributed by atoms with Crippen molar-refractivity contribution in [3.05, 3.63) is 50.8 Å². The quantitative estimate of drug-likeness (QED) is 0.221. The number of pyridine rings is 1. The van der Waals surface area contributed by atoms with Gasteiger partial charge >= 0.3 is 52.5 Å². The monoisotopic (exact) mass is 576 g/mol. The van der Waals surface area contributed by atoms with E-state index in [-0.39, 0.29) is 89.7 Å². The Morgan fingerprint density at radius 3 is 1.46 bits per heavy atom. The van der Waals surface area contributed by atoms with E-state index in [0.29, 0.717) is 23.0 Å². The van der Waals surface area contributed by atoms with Crippen LogP contribution in [0.15, 0.2) is 30.6 Å². The second-order valence-electron chi connectivity index (χ2n) is 4.92. The summed E-state index contributed by atoms with van der Waals surface area (Å²) in [6.45, 7) is 0. The van der Waals surface area contributed by atoms with Crippen LogP contribution in [-0.2, 0) is 14.1 Å². The van der Waals surface area contributed by atoms with Crippen LogP contribution in [-0.4, -0.2) is 33.9 Å². The molecule has 0 aliphatic rings. The van der Waals surface area contributed by atoms with Crippen molar-refractivity contribution in [1.29, 1.82) is 0 Å². The van der Waals surface area contributed by atoms with Crippen LogP contribution in [0, 0.1) is 61.1 Å². The van der Waals surface area contributed by atoms with Crippen LogP contribution in [0.4, 0.5) is 11.6 Å². The summed E-state index contributed by atoms with van der Waals surface area (Å²) in [6.07, 6.45) is 2.30. The molecule has 3 rings (SSSR count). The second kappa shape index (κ2) is 11.6. The van der Waals surface area contributed by atoms with Crippen LogP contribution < -0.4 is 37.2 Å².